The first-order valence-corrected chi connectivity index (χ1v) is 10.7. The average Bonchev–Trinajstić information content (AvgIpc) is 3.42. The van der Waals surface area contributed by atoms with Crippen molar-refractivity contribution in [1.82, 2.24) is 9.58 Å². The summed E-state index contributed by atoms with van der Waals surface area (Å²) in [5.74, 6) is -0.0798. The molecule has 4 aromatic rings. The second-order valence-corrected chi connectivity index (χ2v) is 8.07. The second-order valence-electron chi connectivity index (χ2n) is 8.07. The van der Waals surface area contributed by atoms with E-state index < -0.39 is 5.76 Å². The normalized spacial score (nSPS) is 15.6. The first-order chi connectivity index (χ1) is 16.0. The predicted octanol–water partition coefficient (Wildman–Crippen LogP) is 4.29. The molecule has 0 radical (unpaired) electrons. The predicted molar refractivity (Wildman–Crippen MR) is 125 cm³/mol. The number of carbonyl (C=O) groups excluding carboxylic acids is 1. The van der Waals surface area contributed by atoms with Crippen LogP contribution in [0, 0.1) is 6.92 Å². The van der Waals surface area contributed by atoms with Crippen molar-refractivity contribution in [2.75, 3.05) is 7.11 Å². The lowest BCUT2D eigenvalue weighted by molar-refractivity contribution is -0.133. The van der Waals surface area contributed by atoms with E-state index in [1.807, 2.05) is 73.7 Å². The van der Waals surface area contributed by atoms with Crippen molar-refractivity contribution >= 4 is 22.7 Å². The van der Waals surface area contributed by atoms with E-state index >= 15 is 0 Å². The highest BCUT2D eigenvalue weighted by atomic mass is 16.5. The summed E-state index contributed by atoms with van der Waals surface area (Å²) in [5.41, 5.74) is 4.75. The van der Waals surface area contributed by atoms with Crippen LogP contribution in [0.5, 0.6) is 5.75 Å². The standard InChI is InChI=1S/C26H23N3O4/c1-17-8-13-24-23(14-17)28(26(31)33-24)16-25(30)29-22(19-6-4-3-5-7-19)15-21(27-29)18-9-11-20(32-2)12-10-18/h3-14,22H,15-16H2,1-2H3. The molecule has 1 atom stereocenters. The van der Waals surface area contributed by atoms with Crippen molar-refractivity contribution in [1.29, 1.82) is 0 Å². The van der Waals surface area contributed by atoms with Gasteiger partial charge in [0.05, 0.1) is 24.4 Å². The van der Waals surface area contributed by atoms with Gasteiger partial charge in [-0.2, -0.15) is 5.10 Å². The average molecular weight is 441 g/mol. The molecule has 5 rings (SSSR count). The number of ether oxygens (including phenoxy) is 1. The molecule has 0 aliphatic carbocycles. The third-order valence-electron chi connectivity index (χ3n) is 5.89. The van der Waals surface area contributed by atoms with Gasteiger partial charge in [0.15, 0.2) is 5.58 Å². The van der Waals surface area contributed by atoms with Gasteiger partial charge in [-0.05, 0) is 60.0 Å². The maximum atomic E-state index is 13.5. The van der Waals surface area contributed by atoms with Crippen LogP contribution in [0.1, 0.15) is 29.2 Å². The zero-order chi connectivity index (χ0) is 22.9. The van der Waals surface area contributed by atoms with E-state index in [9.17, 15) is 9.59 Å². The van der Waals surface area contributed by atoms with E-state index in [4.69, 9.17) is 14.3 Å². The molecule has 166 valence electrons. The third kappa shape index (κ3) is 3.93. The summed E-state index contributed by atoms with van der Waals surface area (Å²) in [4.78, 5) is 25.9. The van der Waals surface area contributed by atoms with Crippen LogP contribution in [0.3, 0.4) is 0 Å². The second kappa shape index (κ2) is 8.43. The maximum absolute atomic E-state index is 13.5. The lowest BCUT2D eigenvalue weighted by atomic mass is 9.98. The Morgan fingerprint density at radius 3 is 2.58 bits per heavy atom. The molecule has 7 nitrogen and oxygen atoms in total. The van der Waals surface area contributed by atoms with E-state index in [0.717, 1.165) is 28.2 Å². The quantitative estimate of drug-likeness (QED) is 0.463. The van der Waals surface area contributed by atoms with Gasteiger partial charge in [-0.15, -0.1) is 0 Å². The van der Waals surface area contributed by atoms with Gasteiger partial charge in [0.1, 0.15) is 12.3 Å². The lowest BCUT2D eigenvalue weighted by Crippen LogP contribution is -2.32. The third-order valence-corrected chi connectivity index (χ3v) is 5.89. The Balaban J connectivity index is 1.50. The molecule has 1 aliphatic rings. The minimum absolute atomic E-state index is 0.155. The summed E-state index contributed by atoms with van der Waals surface area (Å²) in [5, 5.41) is 6.19. The Bertz CT molecular complexity index is 1400. The number of amides is 1. The van der Waals surface area contributed by atoms with E-state index in [1.54, 1.807) is 13.2 Å². The molecular weight excluding hydrogens is 418 g/mol. The molecule has 0 N–H and O–H groups in total. The van der Waals surface area contributed by atoms with E-state index in [1.165, 1.54) is 9.58 Å². The van der Waals surface area contributed by atoms with Gasteiger partial charge < -0.3 is 9.15 Å². The van der Waals surface area contributed by atoms with Crippen molar-refractivity contribution in [3.05, 3.63) is 100 Å². The monoisotopic (exact) mass is 441 g/mol. The number of carbonyl (C=O) groups is 1. The van der Waals surface area contributed by atoms with Crippen molar-refractivity contribution < 1.29 is 13.9 Å². The Morgan fingerprint density at radius 1 is 1.09 bits per heavy atom. The number of methoxy groups -OCH3 is 1. The largest absolute Gasteiger partial charge is 0.497 e. The van der Waals surface area contributed by atoms with Gasteiger partial charge in [0.2, 0.25) is 0 Å². The number of benzene rings is 3. The Hall–Kier alpha value is -4.13. The molecule has 1 aromatic heterocycles. The van der Waals surface area contributed by atoms with Crippen molar-refractivity contribution in [2.45, 2.75) is 25.9 Å². The van der Waals surface area contributed by atoms with Crippen LogP contribution in [0.2, 0.25) is 0 Å². The van der Waals surface area contributed by atoms with E-state index in [0.29, 0.717) is 17.5 Å². The summed E-state index contributed by atoms with van der Waals surface area (Å²) in [6.45, 7) is 1.78. The van der Waals surface area contributed by atoms with Crippen LogP contribution in [0.4, 0.5) is 0 Å². The number of fused-ring (bicyclic) bond motifs is 1. The highest BCUT2D eigenvalue weighted by Gasteiger charge is 2.33. The smallest absolute Gasteiger partial charge is 0.420 e. The first-order valence-electron chi connectivity index (χ1n) is 10.7. The molecule has 7 heteroatoms. The van der Waals surface area contributed by atoms with Gasteiger partial charge in [0, 0.05) is 6.42 Å². The minimum Gasteiger partial charge on any atom is -0.497 e. The van der Waals surface area contributed by atoms with Crippen molar-refractivity contribution in [3.8, 4) is 5.75 Å². The maximum Gasteiger partial charge on any atom is 0.420 e. The first kappa shape index (κ1) is 20.8. The summed E-state index contributed by atoms with van der Waals surface area (Å²) < 4.78 is 11.9. The molecule has 0 saturated carbocycles. The number of hydrogen-bond acceptors (Lipinski definition) is 5. The molecule has 3 aromatic carbocycles. The van der Waals surface area contributed by atoms with Crippen LogP contribution in [-0.4, -0.2) is 28.3 Å². The lowest BCUT2D eigenvalue weighted by Gasteiger charge is -2.22. The fourth-order valence-corrected chi connectivity index (χ4v) is 4.16. The Labute approximate surface area is 190 Å². The zero-order valence-electron chi connectivity index (χ0n) is 18.4. The summed E-state index contributed by atoms with van der Waals surface area (Å²) in [6, 6.07) is 22.6. The zero-order valence-corrected chi connectivity index (χ0v) is 18.4. The van der Waals surface area contributed by atoms with Gasteiger partial charge in [-0.3, -0.25) is 9.36 Å². The molecule has 0 spiro atoms. The fourth-order valence-electron chi connectivity index (χ4n) is 4.16. The van der Waals surface area contributed by atoms with Crippen LogP contribution in [-0.2, 0) is 11.3 Å². The highest BCUT2D eigenvalue weighted by Crippen LogP contribution is 2.33. The van der Waals surface area contributed by atoms with Crippen LogP contribution >= 0.6 is 0 Å². The number of aromatic nitrogens is 1. The number of oxazole rings is 1. The number of hydrogen-bond donors (Lipinski definition) is 0. The summed E-state index contributed by atoms with van der Waals surface area (Å²) >= 11 is 0. The minimum atomic E-state index is -0.557. The van der Waals surface area contributed by atoms with Crippen LogP contribution in [0.25, 0.3) is 11.1 Å². The Kier molecular flexibility index (Phi) is 5.30. The van der Waals surface area contributed by atoms with Crippen LogP contribution < -0.4 is 10.5 Å². The highest BCUT2D eigenvalue weighted by molar-refractivity contribution is 6.03. The molecule has 0 saturated heterocycles. The summed E-state index contributed by atoms with van der Waals surface area (Å²) in [6.07, 6.45) is 0.572. The summed E-state index contributed by atoms with van der Waals surface area (Å²) in [7, 11) is 1.62. The van der Waals surface area contributed by atoms with Crippen molar-refractivity contribution in [3.63, 3.8) is 0 Å². The van der Waals surface area contributed by atoms with Gasteiger partial charge in [0.25, 0.3) is 5.91 Å². The molecule has 0 bridgehead atoms. The van der Waals surface area contributed by atoms with Gasteiger partial charge >= 0.3 is 5.76 Å². The van der Waals surface area contributed by atoms with Gasteiger partial charge in [-0.1, -0.05) is 36.4 Å². The van der Waals surface area contributed by atoms with E-state index in [2.05, 4.69) is 0 Å². The fraction of sp³-hybridized carbons (Fsp3) is 0.192. The molecular formula is C26H23N3O4. The molecule has 1 unspecified atom stereocenters. The number of nitrogens with zero attached hydrogens (tertiary/aromatic N) is 3. The Morgan fingerprint density at radius 2 is 1.85 bits per heavy atom. The molecule has 0 fully saturated rings. The molecule has 1 amide bonds. The molecule has 1 aliphatic heterocycles. The topological polar surface area (TPSA) is 77.0 Å². The van der Waals surface area contributed by atoms with Crippen LogP contribution in [0.15, 0.2) is 87.1 Å². The van der Waals surface area contributed by atoms with Gasteiger partial charge in [-0.25, -0.2) is 9.80 Å². The molecule has 33 heavy (non-hydrogen) atoms. The number of aryl methyl sites for hydroxylation is 1. The van der Waals surface area contributed by atoms with E-state index in [-0.39, 0.29) is 18.5 Å². The number of rotatable bonds is 5. The number of hydrazone groups is 1. The van der Waals surface area contributed by atoms with Crippen molar-refractivity contribution in [2.24, 2.45) is 5.10 Å². The molecule has 2 heterocycles. The SMILES string of the molecule is COc1ccc(C2=NN(C(=O)Cn3c(=O)oc4ccc(C)cc43)C(c3ccccc3)C2)cc1.